The van der Waals surface area contributed by atoms with Crippen molar-refractivity contribution in [2.24, 2.45) is 0 Å². The van der Waals surface area contributed by atoms with Crippen LogP contribution >= 0.6 is 0 Å². The van der Waals surface area contributed by atoms with Crippen LogP contribution in [0, 0.1) is 0 Å². The number of carboxylic acid groups (broad SMARTS) is 1. The van der Waals surface area contributed by atoms with E-state index in [1.807, 2.05) is 24.3 Å². The van der Waals surface area contributed by atoms with E-state index in [2.05, 4.69) is 20.6 Å². The average Bonchev–Trinajstić information content (AvgIpc) is 2.60. The number of aromatic nitrogens is 2. The molecule has 1 heterocycles. The number of amides is 1. The summed E-state index contributed by atoms with van der Waals surface area (Å²) in [6, 6.07) is 14.3. The lowest BCUT2D eigenvalue weighted by atomic mass is 10.2. The molecule has 3 rings (SSSR count). The molecule has 0 unspecified atom stereocenters. The smallest absolute Gasteiger partial charge is 0.322 e. The number of benzene rings is 2. The fourth-order valence-corrected chi connectivity index (χ4v) is 2.20. The van der Waals surface area contributed by atoms with E-state index in [1.165, 1.54) is 6.33 Å². The molecule has 0 aliphatic heterocycles. The first-order chi connectivity index (χ1) is 11.6. The second-order valence-corrected chi connectivity index (χ2v) is 5.02. The molecule has 120 valence electrons. The summed E-state index contributed by atoms with van der Waals surface area (Å²) in [5, 5.41) is 15.0. The summed E-state index contributed by atoms with van der Waals surface area (Å²) in [4.78, 5) is 30.7. The Labute approximate surface area is 137 Å². The monoisotopic (exact) mass is 322 g/mol. The zero-order valence-electron chi connectivity index (χ0n) is 12.6. The van der Waals surface area contributed by atoms with Crippen LogP contribution in [0.4, 0.5) is 11.5 Å². The van der Waals surface area contributed by atoms with E-state index >= 15 is 0 Å². The maximum absolute atomic E-state index is 11.8. The summed E-state index contributed by atoms with van der Waals surface area (Å²) in [5.74, 6) is -0.850. The predicted octanol–water partition coefficient (Wildman–Crippen LogP) is 2.19. The largest absolute Gasteiger partial charge is 0.480 e. The Hall–Kier alpha value is -3.48. The fourth-order valence-electron chi connectivity index (χ4n) is 2.20. The molecule has 7 nitrogen and oxygen atoms in total. The van der Waals surface area contributed by atoms with Crippen LogP contribution in [0.25, 0.3) is 10.9 Å². The highest BCUT2D eigenvalue weighted by molar-refractivity contribution is 5.96. The van der Waals surface area contributed by atoms with Crippen LogP contribution in [0.15, 0.2) is 54.9 Å². The number of hydrogen-bond acceptors (Lipinski definition) is 5. The van der Waals surface area contributed by atoms with Crippen molar-refractivity contribution >= 4 is 34.3 Å². The molecule has 0 spiro atoms. The molecule has 0 saturated heterocycles. The van der Waals surface area contributed by atoms with Gasteiger partial charge in [0.2, 0.25) is 0 Å². The minimum absolute atomic E-state index is 0.384. The molecule has 0 aliphatic rings. The van der Waals surface area contributed by atoms with Crippen LogP contribution in [-0.4, -0.2) is 33.5 Å². The second kappa shape index (κ2) is 6.74. The third-order valence-electron chi connectivity index (χ3n) is 3.35. The number of carbonyl (C=O) groups excluding carboxylic acids is 1. The summed E-state index contributed by atoms with van der Waals surface area (Å²) in [7, 11) is 0. The molecule has 3 N–H and O–H groups in total. The number of aliphatic carboxylic acids is 1. The average molecular weight is 322 g/mol. The summed E-state index contributed by atoms with van der Waals surface area (Å²) < 4.78 is 0. The minimum atomic E-state index is -1.09. The van der Waals surface area contributed by atoms with E-state index in [0.29, 0.717) is 11.4 Å². The molecule has 3 aromatic rings. The molecule has 7 heteroatoms. The van der Waals surface area contributed by atoms with Crippen molar-refractivity contribution in [2.75, 3.05) is 11.9 Å². The van der Waals surface area contributed by atoms with Crippen LogP contribution in [-0.2, 0) is 4.79 Å². The van der Waals surface area contributed by atoms with Gasteiger partial charge in [0.15, 0.2) is 0 Å². The number of carbonyl (C=O) groups is 2. The first-order valence-corrected chi connectivity index (χ1v) is 7.20. The number of nitrogens with zero attached hydrogens (tertiary/aromatic N) is 2. The summed E-state index contributed by atoms with van der Waals surface area (Å²) in [6.07, 6.45) is 1.48. The third-order valence-corrected chi connectivity index (χ3v) is 3.35. The maximum atomic E-state index is 11.8. The van der Waals surface area contributed by atoms with E-state index in [4.69, 9.17) is 5.11 Å². The van der Waals surface area contributed by atoms with Crippen LogP contribution in [0.5, 0.6) is 0 Å². The number of fused-ring (bicyclic) bond motifs is 1. The van der Waals surface area contributed by atoms with Gasteiger partial charge in [0.1, 0.15) is 18.7 Å². The summed E-state index contributed by atoms with van der Waals surface area (Å²) in [6.45, 7) is -0.411. The zero-order valence-corrected chi connectivity index (χ0v) is 12.6. The summed E-state index contributed by atoms with van der Waals surface area (Å²) >= 11 is 0. The van der Waals surface area contributed by atoms with Gasteiger partial charge in [-0.2, -0.15) is 0 Å². The Morgan fingerprint density at radius 2 is 1.75 bits per heavy atom. The fraction of sp³-hybridized carbons (Fsp3) is 0.0588. The number of hydrogen-bond donors (Lipinski definition) is 3. The van der Waals surface area contributed by atoms with Crippen molar-refractivity contribution in [3.05, 3.63) is 60.4 Å². The molecule has 24 heavy (non-hydrogen) atoms. The number of nitrogens with one attached hydrogen (secondary N) is 2. The molecule has 1 aromatic heterocycles. The van der Waals surface area contributed by atoms with Crippen molar-refractivity contribution in [2.45, 2.75) is 0 Å². The Bertz CT molecular complexity index is 888. The van der Waals surface area contributed by atoms with E-state index in [-0.39, 0.29) is 0 Å². The van der Waals surface area contributed by atoms with E-state index in [9.17, 15) is 9.59 Å². The van der Waals surface area contributed by atoms with Gasteiger partial charge in [0.25, 0.3) is 5.91 Å². The van der Waals surface area contributed by atoms with Crippen molar-refractivity contribution in [1.29, 1.82) is 0 Å². The molecule has 0 radical (unpaired) electrons. The van der Waals surface area contributed by atoms with Crippen molar-refractivity contribution in [3.8, 4) is 0 Å². The van der Waals surface area contributed by atoms with E-state index in [1.54, 1.807) is 24.3 Å². The maximum Gasteiger partial charge on any atom is 0.322 e. The Kier molecular flexibility index (Phi) is 4.33. The highest BCUT2D eigenvalue weighted by Crippen LogP contribution is 2.22. The third kappa shape index (κ3) is 3.46. The van der Waals surface area contributed by atoms with Gasteiger partial charge < -0.3 is 15.7 Å². The standard InChI is InChI=1S/C17H14N4O3/c22-15(23)9-18-17(24)11-5-7-12(8-6-11)21-16-13-3-1-2-4-14(13)19-10-20-16/h1-8,10H,9H2,(H,18,24)(H,22,23)(H,19,20,21). The molecule has 0 saturated carbocycles. The normalized spacial score (nSPS) is 10.3. The van der Waals surface area contributed by atoms with Crippen LogP contribution in [0.1, 0.15) is 10.4 Å². The first-order valence-electron chi connectivity index (χ1n) is 7.20. The van der Waals surface area contributed by atoms with Gasteiger partial charge in [-0.25, -0.2) is 9.97 Å². The van der Waals surface area contributed by atoms with Crippen molar-refractivity contribution < 1.29 is 14.7 Å². The Morgan fingerprint density at radius 3 is 2.50 bits per heavy atom. The molecule has 0 atom stereocenters. The number of rotatable bonds is 5. The molecular weight excluding hydrogens is 308 g/mol. The lowest BCUT2D eigenvalue weighted by molar-refractivity contribution is -0.135. The SMILES string of the molecule is O=C(O)CNC(=O)c1ccc(Nc2ncnc3ccccc23)cc1. The highest BCUT2D eigenvalue weighted by atomic mass is 16.4. The molecule has 0 bridgehead atoms. The second-order valence-electron chi connectivity index (χ2n) is 5.02. The number of carboxylic acids is 1. The van der Waals surface area contributed by atoms with E-state index < -0.39 is 18.4 Å². The van der Waals surface area contributed by atoms with Crippen LogP contribution in [0.2, 0.25) is 0 Å². The topological polar surface area (TPSA) is 104 Å². The van der Waals surface area contributed by atoms with Gasteiger partial charge in [-0.05, 0) is 36.4 Å². The van der Waals surface area contributed by atoms with Gasteiger partial charge in [-0.1, -0.05) is 12.1 Å². The Morgan fingerprint density at radius 1 is 1.00 bits per heavy atom. The Balaban J connectivity index is 1.76. The first kappa shape index (κ1) is 15.4. The highest BCUT2D eigenvalue weighted by Gasteiger charge is 2.08. The van der Waals surface area contributed by atoms with Crippen molar-refractivity contribution in [1.82, 2.24) is 15.3 Å². The lowest BCUT2D eigenvalue weighted by Crippen LogP contribution is -2.29. The summed E-state index contributed by atoms with van der Waals surface area (Å²) in [5.41, 5.74) is 1.97. The zero-order chi connectivity index (χ0) is 16.9. The number of para-hydroxylation sites is 1. The van der Waals surface area contributed by atoms with Gasteiger partial charge in [0.05, 0.1) is 5.52 Å². The van der Waals surface area contributed by atoms with Crippen molar-refractivity contribution in [3.63, 3.8) is 0 Å². The predicted molar refractivity (Wildman–Crippen MR) is 89.2 cm³/mol. The molecule has 0 fully saturated rings. The van der Waals surface area contributed by atoms with E-state index in [0.717, 1.165) is 16.6 Å². The molecular formula is C17H14N4O3. The van der Waals surface area contributed by atoms with Gasteiger partial charge in [-0.15, -0.1) is 0 Å². The quantitative estimate of drug-likeness (QED) is 0.665. The van der Waals surface area contributed by atoms with Crippen LogP contribution < -0.4 is 10.6 Å². The molecule has 0 aliphatic carbocycles. The molecule has 2 aromatic carbocycles. The van der Waals surface area contributed by atoms with Gasteiger partial charge >= 0.3 is 5.97 Å². The van der Waals surface area contributed by atoms with Crippen LogP contribution in [0.3, 0.4) is 0 Å². The molecule has 1 amide bonds. The lowest BCUT2D eigenvalue weighted by Gasteiger charge is -2.09. The van der Waals surface area contributed by atoms with Gasteiger partial charge in [-0.3, -0.25) is 9.59 Å². The minimum Gasteiger partial charge on any atom is -0.480 e. The van der Waals surface area contributed by atoms with Gasteiger partial charge in [0, 0.05) is 16.6 Å². The number of anilines is 2.